The highest BCUT2D eigenvalue weighted by molar-refractivity contribution is 5.98. The number of anilines is 2. The zero-order valence-electron chi connectivity index (χ0n) is 20.2. The number of carbonyl (C=O) groups is 3. The number of carbonyl (C=O) groups excluding carboxylic acids is 3. The number of hydrogen-bond donors (Lipinski definition) is 3. The Labute approximate surface area is 209 Å². The Morgan fingerprint density at radius 3 is 2.28 bits per heavy atom. The van der Waals surface area contributed by atoms with Crippen molar-refractivity contribution < 1.29 is 23.9 Å². The largest absolute Gasteiger partial charge is 0.466 e. The van der Waals surface area contributed by atoms with Crippen molar-refractivity contribution in [3.8, 4) is 0 Å². The molecule has 36 heavy (non-hydrogen) atoms. The Hall–Kier alpha value is -4.08. The lowest BCUT2D eigenvalue weighted by Crippen LogP contribution is -2.37. The Balaban J connectivity index is 1.28. The van der Waals surface area contributed by atoms with Gasteiger partial charge in [-0.1, -0.05) is 12.1 Å². The van der Waals surface area contributed by atoms with Crippen molar-refractivity contribution in [2.75, 3.05) is 42.6 Å². The van der Waals surface area contributed by atoms with Crippen molar-refractivity contribution in [1.82, 2.24) is 5.32 Å². The van der Waals surface area contributed by atoms with Crippen LogP contribution < -0.4 is 20.9 Å². The molecule has 4 N–H and O–H groups in total. The molecule has 10 nitrogen and oxygen atoms in total. The molecule has 0 spiro atoms. The molecule has 2 aliphatic rings. The monoisotopic (exact) mass is 493 g/mol. The lowest BCUT2D eigenvalue weighted by Gasteiger charge is -2.32. The molecular formula is C26H31N5O5. The Kier molecular flexibility index (Phi) is 7.72. The van der Waals surface area contributed by atoms with E-state index in [0.717, 1.165) is 37.3 Å². The van der Waals surface area contributed by atoms with Crippen molar-refractivity contribution in [3.63, 3.8) is 0 Å². The summed E-state index contributed by atoms with van der Waals surface area (Å²) >= 11 is 0. The third kappa shape index (κ3) is 5.76. The van der Waals surface area contributed by atoms with E-state index in [1.54, 1.807) is 29.2 Å². The number of amidine groups is 1. The van der Waals surface area contributed by atoms with Crippen LogP contribution in [0, 0.1) is 11.3 Å². The molecule has 1 atom stereocenters. The van der Waals surface area contributed by atoms with Crippen LogP contribution in [0.15, 0.2) is 48.5 Å². The molecule has 0 aromatic heterocycles. The van der Waals surface area contributed by atoms with Gasteiger partial charge in [-0.15, -0.1) is 0 Å². The van der Waals surface area contributed by atoms with Crippen molar-refractivity contribution >= 4 is 35.2 Å². The zero-order valence-corrected chi connectivity index (χ0v) is 20.2. The first-order valence-electron chi connectivity index (χ1n) is 12.1. The van der Waals surface area contributed by atoms with Gasteiger partial charge in [0.15, 0.2) is 0 Å². The SMILES string of the molecule is CCOC(=O)C1CCN(c2ccc(N3C[C@@H](CNC(=O)c4ccc(C(=N)N)cc4)OC3=O)cc2)CC1. The second kappa shape index (κ2) is 11.1. The second-order valence-electron chi connectivity index (χ2n) is 8.85. The summed E-state index contributed by atoms with van der Waals surface area (Å²) in [6.07, 6.45) is 0.586. The molecule has 2 saturated heterocycles. The predicted molar refractivity (Wildman–Crippen MR) is 135 cm³/mol. The average molecular weight is 494 g/mol. The minimum Gasteiger partial charge on any atom is -0.466 e. The van der Waals surface area contributed by atoms with Gasteiger partial charge in [-0.25, -0.2) is 4.79 Å². The number of nitrogens with two attached hydrogens (primary N) is 1. The van der Waals surface area contributed by atoms with Crippen LogP contribution in [-0.2, 0) is 14.3 Å². The molecule has 4 rings (SSSR count). The summed E-state index contributed by atoms with van der Waals surface area (Å²) < 4.78 is 10.6. The maximum Gasteiger partial charge on any atom is 0.414 e. The molecule has 2 amide bonds. The number of hydrogen-bond acceptors (Lipinski definition) is 7. The number of nitrogen functional groups attached to an aromatic ring is 1. The third-order valence-corrected chi connectivity index (χ3v) is 6.46. The molecule has 2 fully saturated rings. The molecule has 0 bridgehead atoms. The van der Waals surface area contributed by atoms with E-state index in [0.29, 0.717) is 24.3 Å². The molecule has 10 heteroatoms. The average Bonchev–Trinajstić information content (AvgIpc) is 3.28. The van der Waals surface area contributed by atoms with Crippen molar-refractivity contribution in [1.29, 1.82) is 5.41 Å². The molecule has 0 unspecified atom stereocenters. The van der Waals surface area contributed by atoms with Gasteiger partial charge in [0.2, 0.25) is 0 Å². The van der Waals surface area contributed by atoms with Gasteiger partial charge in [0, 0.05) is 35.6 Å². The first kappa shape index (κ1) is 25.0. The molecule has 2 aromatic rings. The van der Waals surface area contributed by atoms with Crippen LogP contribution in [0.2, 0.25) is 0 Å². The van der Waals surface area contributed by atoms with E-state index in [-0.39, 0.29) is 30.2 Å². The maximum atomic E-state index is 12.4. The van der Waals surface area contributed by atoms with Gasteiger partial charge in [-0.3, -0.25) is 19.9 Å². The highest BCUT2D eigenvalue weighted by atomic mass is 16.6. The van der Waals surface area contributed by atoms with Crippen LogP contribution in [0.5, 0.6) is 0 Å². The fourth-order valence-electron chi connectivity index (χ4n) is 4.43. The van der Waals surface area contributed by atoms with Crippen molar-refractivity contribution in [2.24, 2.45) is 11.7 Å². The minimum absolute atomic E-state index is 0.0443. The highest BCUT2D eigenvalue weighted by Crippen LogP contribution is 2.28. The number of cyclic esters (lactones) is 1. The smallest absolute Gasteiger partial charge is 0.414 e. The van der Waals surface area contributed by atoms with Crippen molar-refractivity contribution in [2.45, 2.75) is 25.9 Å². The van der Waals surface area contributed by atoms with Crippen LogP contribution in [0.25, 0.3) is 0 Å². The number of esters is 1. The number of rotatable bonds is 8. The number of piperidine rings is 1. The number of nitrogens with zero attached hydrogens (tertiary/aromatic N) is 2. The number of amides is 2. The van der Waals surface area contributed by atoms with Gasteiger partial charge in [-0.2, -0.15) is 0 Å². The molecule has 2 heterocycles. The molecule has 190 valence electrons. The number of nitrogens with one attached hydrogen (secondary N) is 2. The summed E-state index contributed by atoms with van der Waals surface area (Å²) in [7, 11) is 0. The predicted octanol–water partition coefficient (Wildman–Crippen LogP) is 2.51. The summed E-state index contributed by atoms with van der Waals surface area (Å²) in [5, 5.41) is 10.2. The van der Waals surface area contributed by atoms with E-state index in [2.05, 4.69) is 10.2 Å². The molecule has 0 radical (unpaired) electrons. The lowest BCUT2D eigenvalue weighted by molar-refractivity contribution is -0.148. The van der Waals surface area contributed by atoms with E-state index in [1.165, 1.54) is 0 Å². The molecule has 2 aliphatic heterocycles. The third-order valence-electron chi connectivity index (χ3n) is 6.46. The van der Waals surface area contributed by atoms with E-state index >= 15 is 0 Å². The summed E-state index contributed by atoms with van der Waals surface area (Å²) in [6.45, 7) is 4.28. The summed E-state index contributed by atoms with van der Waals surface area (Å²) in [6, 6.07) is 14.1. The van der Waals surface area contributed by atoms with E-state index in [4.69, 9.17) is 20.6 Å². The van der Waals surface area contributed by atoms with Crippen molar-refractivity contribution in [3.05, 3.63) is 59.7 Å². The van der Waals surface area contributed by atoms with Gasteiger partial charge in [-0.05, 0) is 56.2 Å². The van der Waals surface area contributed by atoms with Crippen LogP contribution in [-0.4, -0.2) is 62.7 Å². The zero-order chi connectivity index (χ0) is 25.7. The standard InChI is InChI=1S/C26H31N5O5/c1-2-35-25(33)19-11-13-30(14-12-19)20-7-9-21(10-8-20)31-16-22(36-26(31)34)15-29-24(32)18-5-3-17(4-6-18)23(27)28/h3-10,19,22H,2,11-16H2,1H3,(H3,27,28)(H,29,32)/t22-/m1/s1. The van der Waals surface area contributed by atoms with E-state index < -0.39 is 12.2 Å². The topological polar surface area (TPSA) is 138 Å². The summed E-state index contributed by atoms with van der Waals surface area (Å²) in [5.74, 6) is -0.518. The highest BCUT2D eigenvalue weighted by Gasteiger charge is 2.33. The number of ether oxygens (including phenoxy) is 2. The number of benzene rings is 2. The molecular weight excluding hydrogens is 462 g/mol. The van der Waals surface area contributed by atoms with Crippen LogP contribution in [0.4, 0.5) is 16.2 Å². The lowest BCUT2D eigenvalue weighted by atomic mass is 9.96. The van der Waals surface area contributed by atoms with E-state index in [1.807, 2.05) is 31.2 Å². The Morgan fingerprint density at radius 2 is 1.67 bits per heavy atom. The molecule has 0 saturated carbocycles. The normalized spacial score (nSPS) is 18.0. The van der Waals surface area contributed by atoms with Gasteiger partial charge >= 0.3 is 12.1 Å². The van der Waals surface area contributed by atoms with E-state index in [9.17, 15) is 14.4 Å². The van der Waals surface area contributed by atoms with Crippen LogP contribution >= 0.6 is 0 Å². The van der Waals surface area contributed by atoms with Crippen LogP contribution in [0.1, 0.15) is 35.7 Å². The van der Waals surface area contributed by atoms with Gasteiger partial charge in [0.05, 0.1) is 25.6 Å². The Bertz CT molecular complexity index is 1110. The first-order chi connectivity index (χ1) is 17.4. The van der Waals surface area contributed by atoms with Gasteiger partial charge < -0.3 is 25.4 Å². The summed E-state index contributed by atoms with van der Waals surface area (Å²) in [4.78, 5) is 40.6. The van der Waals surface area contributed by atoms with Crippen LogP contribution in [0.3, 0.4) is 0 Å². The molecule has 0 aliphatic carbocycles. The molecule has 2 aromatic carbocycles. The second-order valence-corrected chi connectivity index (χ2v) is 8.85. The summed E-state index contributed by atoms with van der Waals surface area (Å²) in [5.41, 5.74) is 8.17. The fourth-order valence-corrected chi connectivity index (χ4v) is 4.43. The Morgan fingerprint density at radius 1 is 1.06 bits per heavy atom. The minimum atomic E-state index is -0.473. The van der Waals surface area contributed by atoms with Gasteiger partial charge in [0.1, 0.15) is 11.9 Å². The first-order valence-corrected chi connectivity index (χ1v) is 12.1. The maximum absolute atomic E-state index is 12.4. The van der Waals surface area contributed by atoms with Gasteiger partial charge in [0.25, 0.3) is 5.91 Å². The quantitative estimate of drug-likeness (QED) is 0.292. The fraction of sp³-hybridized carbons (Fsp3) is 0.385.